The largest absolute Gasteiger partial charge is 0.478 e. The maximum atomic E-state index is 12.0. The summed E-state index contributed by atoms with van der Waals surface area (Å²) in [7, 11) is 0. The Morgan fingerprint density at radius 3 is 2.48 bits per heavy atom. The molecule has 0 aliphatic rings. The Balaban J connectivity index is 1.48. The van der Waals surface area contributed by atoms with Gasteiger partial charge in [-0.25, -0.2) is 4.79 Å². The lowest BCUT2D eigenvalue weighted by Crippen LogP contribution is -2.14. The summed E-state index contributed by atoms with van der Waals surface area (Å²) in [4.78, 5) is 23.2. The van der Waals surface area contributed by atoms with Crippen LogP contribution in [-0.4, -0.2) is 17.0 Å². The molecule has 0 atom stereocenters. The van der Waals surface area contributed by atoms with Crippen LogP contribution in [0.3, 0.4) is 0 Å². The van der Waals surface area contributed by atoms with E-state index in [9.17, 15) is 9.59 Å². The number of carbonyl (C=O) groups excluding carboxylic acids is 1. The molecule has 0 radical (unpaired) electrons. The van der Waals surface area contributed by atoms with Crippen molar-refractivity contribution in [2.45, 2.75) is 19.3 Å². The molecule has 1 amide bonds. The van der Waals surface area contributed by atoms with Gasteiger partial charge >= 0.3 is 5.97 Å². The van der Waals surface area contributed by atoms with Crippen molar-refractivity contribution in [3.05, 3.63) is 83.9 Å². The van der Waals surface area contributed by atoms with E-state index in [0.717, 1.165) is 12.0 Å². The maximum Gasteiger partial charge on any atom is 0.337 e. The molecule has 3 rings (SSSR count). The van der Waals surface area contributed by atoms with Gasteiger partial charge < -0.3 is 10.4 Å². The highest BCUT2D eigenvalue weighted by Gasteiger charge is 2.11. The van der Waals surface area contributed by atoms with Gasteiger partial charge in [0.1, 0.15) is 0 Å². The Kier molecular flexibility index (Phi) is 6.00. The lowest BCUT2D eigenvalue weighted by Gasteiger charge is -2.07. The molecule has 0 heterocycles. The number of nitrogens with one attached hydrogen (secondary N) is 1. The molecule has 0 saturated heterocycles. The van der Waals surface area contributed by atoms with Crippen molar-refractivity contribution >= 4 is 34.4 Å². The number of unbranched alkanes of at least 4 members (excludes halogenated alkanes) is 1. The van der Waals surface area contributed by atoms with Crippen LogP contribution in [0.5, 0.6) is 0 Å². The quantitative estimate of drug-likeness (QED) is 0.558. The van der Waals surface area contributed by atoms with E-state index >= 15 is 0 Å². The van der Waals surface area contributed by atoms with Gasteiger partial charge in [0.15, 0.2) is 0 Å². The lowest BCUT2D eigenvalue weighted by atomic mass is 10.1. The summed E-state index contributed by atoms with van der Waals surface area (Å²) >= 11 is 0. The van der Waals surface area contributed by atoms with Crippen LogP contribution < -0.4 is 5.32 Å². The van der Waals surface area contributed by atoms with Crippen molar-refractivity contribution in [1.29, 1.82) is 0 Å². The first kappa shape index (κ1) is 18.4. The fourth-order valence-electron chi connectivity index (χ4n) is 2.90. The van der Waals surface area contributed by atoms with E-state index in [-0.39, 0.29) is 11.5 Å². The van der Waals surface area contributed by atoms with Gasteiger partial charge in [0.25, 0.3) is 0 Å². The van der Waals surface area contributed by atoms with Crippen LogP contribution in [0.4, 0.5) is 5.69 Å². The maximum absolute atomic E-state index is 12.0. The SMILES string of the molecule is O=C(CCC/C=C/c1ccc2ccccc2c1)Nc1ccccc1C(=O)O. The molecule has 4 nitrogen and oxygen atoms in total. The number of rotatable bonds is 7. The van der Waals surface area contributed by atoms with E-state index in [1.807, 2.05) is 12.1 Å². The number of amides is 1. The predicted octanol–water partition coefficient (Wildman–Crippen LogP) is 5.36. The number of carbonyl (C=O) groups is 2. The summed E-state index contributed by atoms with van der Waals surface area (Å²) in [5.41, 5.74) is 1.57. The van der Waals surface area contributed by atoms with Crippen LogP contribution in [0.15, 0.2) is 72.8 Å². The fourth-order valence-corrected chi connectivity index (χ4v) is 2.90. The van der Waals surface area contributed by atoms with Crippen LogP contribution >= 0.6 is 0 Å². The zero-order valence-corrected chi connectivity index (χ0v) is 14.9. The number of para-hydroxylation sites is 1. The molecule has 0 saturated carbocycles. The first-order valence-electron chi connectivity index (χ1n) is 8.91. The Bertz CT molecular complexity index is 992. The van der Waals surface area contributed by atoms with Gasteiger partial charge in [0, 0.05) is 6.42 Å². The van der Waals surface area contributed by atoms with Gasteiger partial charge in [0.2, 0.25) is 5.91 Å². The molecule has 0 aromatic heterocycles. The van der Waals surface area contributed by atoms with Crippen LogP contribution in [0, 0.1) is 0 Å². The van der Waals surface area contributed by atoms with Crippen LogP contribution in [0.25, 0.3) is 16.8 Å². The summed E-state index contributed by atoms with van der Waals surface area (Å²) in [5, 5.41) is 14.2. The zero-order valence-electron chi connectivity index (χ0n) is 14.9. The Morgan fingerprint density at radius 1 is 0.926 bits per heavy atom. The van der Waals surface area contributed by atoms with Gasteiger partial charge in [-0.2, -0.15) is 0 Å². The van der Waals surface area contributed by atoms with Crippen molar-refractivity contribution in [2.75, 3.05) is 5.32 Å². The van der Waals surface area contributed by atoms with Crippen molar-refractivity contribution in [3.8, 4) is 0 Å². The summed E-state index contributed by atoms with van der Waals surface area (Å²) in [5.74, 6) is -1.23. The average molecular weight is 359 g/mol. The molecule has 0 fully saturated rings. The molecule has 27 heavy (non-hydrogen) atoms. The smallest absolute Gasteiger partial charge is 0.337 e. The molecule has 3 aromatic rings. The molecule has 0 bridgehead atoms. The monoisotopic (exact) mass is 359 g/mol. The molecular weight excluding hydrogens is 338 g/mol. The van der Waals surface area contributed by atoms with E-state index in [1.54, 1.807) is 18.2 Å². The molecule has 3 aromatic carbocycles. The standard InChI is InChI=1S/C23H21NO3/c25-22(24-21-12-7-6-11-20(21)23(26)27)13-3-1-2-8-17-14-15-18-9-4-5-10-19(18)16-17/h2,4-12,14-16H,1,3,13H2,(H,24,25)(H,26,27)/b8-2+. The third-order valence-corrected chi connectivity index (χ3v) is 4.29. The molecule has 0 aliphatic carbocycles. The number of benzene rings is 3. The van der Waals surface area contributed by atoms with Gasteiger partial charge in [-0.05, 0) is 47.4 Å². The summed E-state index contributed by atoms with van der Waals surface area (Å²) < 4.78 is 0. The van der Waals surface area contributed by atoms with Gasteiger partial charge in [0.05, 0.1) is 11.3 Å². The van der Waals surface area contributed by atoms with Gasteiger partial charge in [-0.15, -0.1) is 0 Å². The number of hydrogen-bond donors (Lipinski definition) is 2. The minimum atomic E-state index is -1.05. The van der Waals surface area contributed by atoms with Crippen molar-refractivity contribution in [1.82, 2.24) is 0 Å². The molecule has 2 N–H and O–H groups in total. The van der Waals surface area contributed by atoms with E-state index in [1.165, 1.54) is 16.8 Å². The van der Waals surface area contributed by atoms with E-state index in [2.05, 4.69) is 47.8 Å². The normalized spacial score (nSPS) is 11.0. The number of aromatic carboxylic acids is 1. The highest BCUT2D eigenvalue weighted by Crippen LogP contribution is 2.17. The Hall–Kier alpha value is -3.40. The van der Waals surface area contributed by atoms with E-state index in [0.29, 0.717) is 18.5 Å². The molecule has 4 heteroatoms. The Morgan fingerprint density at radius 2 is 1.67 bits per heavy atom. The van der Waals surface area contributed by atoms with Gasteiger partial charge in [-0.1, -0.05) is 60.7 Å². The topological polar surface area (TPSA) is 66.4 Å². The third kappa shape index (κ3) is 5.05. The van der Waals surface area contributed by atoms with Crippen molar-refractivity contribution < 1.29 is 14.7 Å². The van der Waals surface area contributed by atoms with Crippen molar-refractivity contribution in [2.24, 2.45) is 0 Å². The van der Waals surface area contributed by atoms with E-state index in [4.69, 9.17) is 5.11 Å². The molecule has 0 unspecified atom stereocenters. The third-order valence-electron chi connectivity index (χ3n) is 4.29. The predicted molar refractivity (Wildman–Crippen MR) is 109 cm³/mol. The molecule has 0 aliphatic heterocycles. The molecule has 136 valence electrons. The minimum Gasteiger partial charge on any atom is -0.478 e. The van der Waals surface area contributed by atoms with Crippen molar-refractivity contribution in [3.63, 3.8) is 0 Å². The van der Waals surface area contributed by atoms with Crippen LogP contribution in [0.2, 0.25) is 0 Å². The number of allylic oxidation sites excluding steroid dienone is 1. The second-order valence-corrected chi connectivity index (χ2v) is 6.30. The number of hydrogen-bond acceptors (Lipinski definition) is 2. The summed E-state index contributed by atoms with van der Waals surface area (Å²) in [6, 6.07) is 21.0. The zero-order chi connectivity index (χ0) is 19.1. The second kappa shape index (κ2) is 8.81. The van der Waals surface area contributed by atoms with Crippen LogP contribution in [-0.2, 0) is 4.79 Å². The fraction of sp³-hybridized carbons (Fsp3) is 0.130. The number of fused-ring (bicyclic) bond motifs is 1. The average Bonchev–Trinajstić information content (AvgIpc) is 2.68. The highest BCUT2D eigenvalue weighted by molar-refractivity contribution is 6.00. The van der Waals surface area contributed by atoms with Crippen LogP contribution in [0.1, 0.15) is 35.2 Å². The molecular formula is C23H21NO3. The van der Waals surface area contributed by atoms with E-state index < -0.39 is 5.97 Å². The Labute approximate surface area is 158 Å². The first-order valence-corrected chi connectivity index (χ1v) is 8.91. The highest BCUT2D eigenvalue weighted by atomic mass is 16.4. The summed E-state index contributed by atoms with van der Waals surface area (Å²) in [6.45, 7) is 0. The number of carboxylic acids is 1. The number of carboxylic acid groups (broad SMARTS) is 1. The van der Waals surface area contributed by atoms with Gasteiger partial charge in [-0.3, -0.25) is 4.79 Å². The first-order chi connectivity index (χ1) is 13.1. The number of anilines is 1. The lowest BCUT2D eigenvalue weighted by molar-refractivity contribution is -0.116. The minimum absolute atomic E-state index is 0.0991. The second-order valence-electron chi connectivity index (χ2n) is 6.30. The summed E-state index contributed by atoms with van der Waals surface area (Å²) in [6.07, 6.45) is 5.94. The molecule has 0 spiro atoms.